The first-order valence-electron chi connectivity index (χ1n) is 2.19. The molecular weight excluding hydrogens is 148 g/mol. The predicted octanol–water partition coefficient (Wildman–Crippen LogP) is 1.78. The second kappa shape index (κ2) is 5.25. The highest BCUT2D eigenvalue weighted by molar-refractivity contribution is 7.96. The Morgan fingerprint density at radius 2 is 2.50 bits per heavy atom. The van der Waals surface area contributed by atoms with Gasteiger partial charge >= 0.3 is 5.97 Å². The maximum atomic E-state index is 10.3. The largest absolute Gasteiger partial charge is 0.390 e. The van der Waals surface area contributed by atoms with Crippen LogP contribution in [0.1, 0.15) is 13.3 Å². The molecule has 0 aliphatic heterocycles. The molecule has 8 heavy (non-hydrogen) atoms. The Morgan fingerprint density at radius 3 is 2.88 bits per heavy atom. The predicted molar refractivity (Wildman–Crippen MR) is 34.7 cm³/mol. The molecule has 0 atom stereocenters. The monoisotopic (exact) mass is 154 g/mol. The van der Waals surface area contributed by atoms with Crippen molar-refractivity contribution in [3.05, 3.63) is 0 Å². The smallest absolute Gasteiger partial charge is 0.317 e. The molecule has 0 radical (unpaired) electrons. The number of hydrogen-bond donors (Lipinski definition) is 0. The van der Waals surface area contributed by atoms with Crippen LogP contribution in [0.15, 0.2) is 0 Å². The van der Waals surface area contributed by atoms with Gasteiger partial charge in [-0.05, 0) is 0 Å². The maximum absolute atomic E-state index is 10.3. The second-order valence-electron chi connectivity index (χ2n) is 1.04. The van der Waals surface area contributed by atoms with Crippen LogP contribution in [0.5, 0.6) is 0 Å². The Balaban J connectivity index is 2.99. The van der Waals surface area contributed by atoms with Crippen LogP contribution in [0.2, 0.25) is 0 Å². The molecule has 4 heteroatoms. The lowest BCUT2D eigenvalue weighted by Gasteiger charge is -1.93. The fourth-order valence-corrected chi connectivity index (χ4v) is 0.574. The molecule has 0 aromatic rings. The zero-order chi connectivity index (χ0) is 6.41. The van der Waals surface area contributed by atoms with E-state index in [1.807, 2.05) is 0 Å². The Hall–Kier alpha value is 0.110. The van der Waals surface area contributed by atoms with Crippen molar-refractivity contribution in [1.82, 2.24) is 0 Å². The lowest BCUT2D eigenvalue weighted by molar-refractivity contribution is -0.132. The first-order chi connectivity index (χ1) is 3.81. The van der Waals surface area contributed by atoms with Gasteiger partial charge in [0.2, 0.25) is 0 Å². The molecule has 0 aromatic carbocycles. The van der Waals surface area contributed by atoms with Crippen LogP contribution >= 0.6 is 23.6 Å². The van der Waals surface area contributed by atoms with Gasteiger partial charge in [-0.3, -0.25) is 4.79 Å². The molecule has 0 aliphatic rings. The van der Waals surface area contributed by atoms with Gasteiger partial charge < -0.3 is 4.18 Å². The highest BCUT2D eigenvalue weighted by Crippen LogP contribution is 2.04. The van der Waals surface area contributed by atoms with E-state index in [2.05, 4.69) is 4.18 Å². The van der Waals surface area contributed by atoms with Gasteiger partial charge in [-0.15, -0.1) is 11.6 Å². The highest BCUT2D eigenvalue weighted by Gasteiger charge is 1.95. The van der Waals surface area contributed by atoms with Crippen LogP contribution < -0.4 is 0 Å². The summed E-state index contributed by atoms with van der Waals surface area (Å²) in [5, 5.41) is 0.297. The average molecular weight is 155 g/mol. The standard InChI is InChI=1S/C4H7ClO2S/c1-2-4(6)7-8-3-5/h2-3H2,1H3. The third-order valence-electron chi connectivity index (χ3n) is 0.485. The number of carbonyl (C=O) groups excluding carboxylic acids is 1. The number of halogens is 1. The molecule has 0 amide bonds. The minimum atomic E-state index is -0.226. The fourth-order valence-electron chi connectivity index (χ4n) is 0.147. The molecule has 0 rings (SSSR count). The van der Waals surface area contributed by atoms with Crippen LogP contribution in [0.3, 0.4) is 0 Å². The number of carbonyl (C=O) groups is 1. The highest BCUT2D eigenvalue weighted by atomic mass is 35.5. The summed E-state index contributed by atoms with van der Waals surface area (Å²) in [5.74, 6) is -0.226. The van der Waals surface area contributed by atoms with Gasteiger partial charge in [0.05, 0.1) is 12.0 Å². The molecule has 0 aromatic heterocycles. The molecule has 0 N–H and O–H groups in total. The SMILES string of the molecule is CCC(=O)OSCCl. The Labute approximate surface area is 57.7 Å². The summed E-state index contributed by atoms with van der Waals surface area (Å²) >= 11 is 6.14. The Morgan fingerprint density at radius 1 is 1.88 bits per heavy atom. The van der Waals surface area contributed by atoms with E-state index >= 15 is 0 Å². The summed E-state index contributed by atoms with van der Waals surface area (Å²) in [5.41, 5.74) is 0. The van der Waals surface area contributed by atoms with E-state index in [0.29, 0.717) is 11.6 Å². The summed E-state index contributed by atoms with van der Waals surface area (Å²) < 4.78 is 4.49. The summed E-state index contributed by atoms with van der Waals surface area (Å²) in [6.07, 6.45) is 0.407. The molecule has 2 nitrogen and oxygen atoms in total. The molecular formula is C4H7ClO2S. The van der Waals surface area contributed by atoms with Gasteiger partial charge in [0.25, 0.3) is 0 Å². The summed E-state index contributed by atoms with van der Waals surface area (Å²) in [6.45, 7) is 1.73. The van der Waals surface area contributed by atoms with Crippen molar-refractivity contribution in [3.63, 3.8) is 0 Å². The van der Waals surface area contributed by atoms with Crippen LogP contribution in [-0.4, -0.2) is 11.2 Å². The van der Waals surface area contributed by atoms with E-state index < -0.39 is 0 Å². The van der Waals surface area contributed by atoms with Gasteiger partial charge in [0.15, 0.2) is 0 Å². The molecule has 0 saturated heterocycles. The first-order valence-corrected chi connectivity index (χ1v) is 3.64. The van der Waals surface area contributed by atoms with E-state index in [-0.39, 0.29) is 5.97 Å². The molecule has 0 spiro atoms. The number of hydrogen-bond acceptors (Lipinski definition) is 3. The molecule has 0 unspecified atom stereocenters. The zero-order valence-electron chi connectivity index (χ0n) is 4.52. The summed E-state index contributed by atoms with van der Waals surface area (Å²) in [7, 11) is 0. The van der Waals surface area contributed by atoms with Crippen molar-refractivity contribution in [3.8, 4) is 0 Å². The average Bonchev–Trinajstić information content (AvgIpc) is 1.83. The lowest BCUT2D eigenvalue weighted by atomic mass is 10.5. The third kappa shape index (κ3) is 4.27. The summed E-state index contributed by atoms with van der Waals surface area (Å²) in [4.78, 5) is 10.3. The number of rotatable bonds is 3. The molecule has 0 aliphatic carbocycles. The van der Waals surface area contributed by atoms with Crippen LogP contribution in [-0.2, 0) is 8.98 Å². The molecule has 0 bridgehead atoms. The minimum absolute atomic E-state index is 0.226. The minimum Gasteiger partial charge on any atom is -0.390 e. The van der Waals surface area contributed by atoms with Crippen molar-refractivity contribution in [2.45, 2.75) is 13.3 Å². The van der Waals surface area contributed by atoms with Gasteiger partial charge in [0.1, 0.15) is 5.21 Å². The molecule has 0 fully saturated rings. The van der Waals surface area contributed by atoms with Gasteiger partial charge in [0, 0.05) is 6.42 Å². The topological polar surface area (TPSA) is 26.3 Å². The van der Waals surface area contributed by atoms with E-state index in [1.165, 1.54) is 0 Å². The Bertz CT molecular complexity index is 76.4. The van der Waals surface area contributed by atoms with Crippen LogP contribution in [0.25, 0.3) is 0 Å². The van der Waals surface area contributed by atoms with E-state index in [0.717, 1.165) is 12.0 Å². The number of alkyl halides is 1. The van der Waals surface area contributed by atoms with Crippen molar-refractivity contribution in [2.24, 2.45) is 0 Å². The summed E-state index contributed by atoms with van der Waals surface area (Å²) in [6, 6.07) is 0. The first kappa shape index (κ1) is 8.11. The maximum Gasteiger partial charge on any atom is 0.317 e. The van der Waals surface area contributed by atoms with E-state index in [9.17, 15) is 4.79 Å². The van der Waals surface area contributed by atoms with Crippen molar-refractivity contribution >= 4 is 29.6 Å². The normalized spacial score (nSPS) is 8.75. The molecule has 0 heterocycles. The van der Waals surface area contributed by atoms with Crippen LogP contribution in [0.4, 0.5) is 0 Å². The molecule has 0 saturated carbocycles. The van der Waals surface area contributed by atoms with Crippen molar-refractivity contribution in [1.29, 1.82) is 0 Å². The second-order valence-corrected chi connectivity index (χ2v) is 2.31. The Kier molecular flexibility index (Phi) is 5.32. The lowest BCUT2D eigenvalue weighted by Crippen LogP contribution is -1.94. The zero-order valence-corrected chi connectivity index (χ0v) is 6.09. The van der Waals surface area contributed by atoms with E-state index in [4.69, 9.17) is 11.6 Å². The third-order valence-corrected chi connectivity index (χ3v) is 1.15. The van der Waals surface area contributed by atoms with Gasteiger partial charge in [-0.2, -0.15) is 0 Å². The van der Waals surface area contributed by atoms with Crippen molar-refractivity contribution in [2.75, 3.05) is 5.21 Å². The quantitative estimate of drug-likeness (QED) is 0.458. The van der Waals surface area contributed by atoms with Gasteiger partial charge in [-0.1, -0.05) is 6.92 Å². The van der Waals surface area contributed by atoms with Crippen molar-refractivity contribution < 1.29 is 8.98 Å². The van der Waals surface area contributed by atoms with E-state index in [1.54, 1.807) is 6.92 Å². The fraction of sp³-hybridized carbons (Fsp3) is 0.750. The molecule has 48 valence electrons. The van der Waals surface area contributed by atoms with Crippen LogP contribution in [0, 0.1) is 0 Å². The van der Waals surface area contributed by atoms with Gasteiger partial charge in [-0.25, -0.2) is 0 Å².